The first-order valence-corrected chi connectivity index (χ1v) is 11.7. The third-order valence-electron chi connectivity index (χ3n) is 4.92. The Morgan fingerprint density at radius 3 is 2.52 bits per heavy atom. The molecular weight excluding hydrogens is 458 g/mol. The van der Waals surface area contributed by atoms with Crippen molar-refractivity contribution in [2.45, 2.75) is 18.2 Å². The highest BCUT2D eigenvalue weighted by atomic mass is 35.5. The van der Waals surface area contributed by atoms with E-state index in [4.69, 9.17) is 16.3 Å². The molecule has 8 heteroatoms. The molecule has 33 heavy (non-hydrogen) atoms. The number of benzene rings is 3. The first-order chi connectivity index (χ1) is 16.1. The first-order valence-electron chi connectivity index (χ1n) is 10.4. The molecule has 0 saturated heterocycles. The van der Waals surface area contributed by atoms with Crippen LogP contribution in [0, 0.1) is 0 Å². The fourth-order valence-corrected chi connectivity index (χ4v) is 4.29. The van der Waals surface area contributed by atoms with Crippen molar-refractivity contribution in [1.82, 2.24) is 14.9 Å². The number of ether oxygens (including phenoxy) is 1. The number of nitrogens with zero attached hydrogens (tertiary/aromatic N) is 2. The molecule has 4 aromatic rings. The van der Waals surface area contributed by atoms with Crippen molar-refractivity contribution in [3.8, 4) is 0 Å². The van der Waals surface area contributed by atoms with E-state index in [1.807, 2.05) is 60.7 Å². The second-order valence-corrected chi connectivity index (χ2v) is 8.62. The quantitative estimate of drug-likeness (QED) is 0.278. The summed E-state index contributed by atoms with van der Waals surface area (Å²) in [7, 11) is 0. The monoisotopic (exact) mass is 479 g/mol. The number of carbonyl (C=O) groups is 2. The number of amides is 1. The van der Waals surface area contributed by atoms with Crippen LogP contribution in [-0.4, -0.2) is 33.8 Å². The minimum absolute atomic E-state index is 0.0515. The van der Waals surface area contributed by atoms with Crippen LogP contribution in [0.4, 0.5) is 0 Å². The van der Waals surface area contributed by atoms with Crippen molar-refractivity contribution in [3.05, 3.63) is 95.0 Å². The van der Waals surface area contributed by atoms with Gasteiger partial charge in [0.2, 0.25) is 0 Å². The molecule has 0 aliphatic heterocycles. The van der Waals surface area contributed by atoms with Crippen LogP contribution in [0.25, 0.3) is 11.0 Å². The van der Waals surface area contributed by atoms with Crippen LogP contribution in [0.2, 0.25) is 5.02 Å². The number of fused-ring (bicyclic) bond motifs is 1. The van der Waals surface area contributed by atoms with Gasteiger partial charge in [-0.1, -0.05) is 84.0 Å². The van der Waals surface area contributed by atoms with E-state index in [-0.39, 0.29) is 24.8 Å². The second kappa shape index (κ2) is 11.0. The Morgan fingerprint density at radius 2 is 1.70 bits per heavy atom. The molecule has 1 N–H and O–H groups in total. The van der Waals surface area contributed by atoms with Crippen LogP contribution in [0.15, 0.2) is 84.0 Å². The van der Waals surface area contributed by atoms with E-state index in [0.717, 1.165) is 27.3 Å². The van der Waals surface area contributed by atoms with Gasteiger partial charge < -0.3 is 14.6 Å². The number of hydrogen-bond acceptors (Lipinski definition) is 5. The Bertz CT molecular complexity index is 1260. The third-order valence-corrected chi connectivity index (χ3v) is 6.24. The SMILES string of the molecule is O=C(COC(=O)CSc1nc2ccccc2n1Cc1ccccc1)NCc1ccccc1Cl. The van der Waals surface area contributed by atoms with E-state index in [1.54, 1.807) is 6.07 Å². The Morgan fingerprint density at radius 1 is 0.970 bits per heavy atom. The zero-order valence-electron chi connectivity index (χ0n) is 17.7. The van der Waals surface area contributed by atoms with E-state index >= 15 is 0 Å². The van der Waals surface area contributed by atoms with Crippen molar-refractivity contribution in [1.29, 1.82) is 0 Å². The second-order valence-electron chi connectivity index (χ2n) is 7.27. The van der Waals surface area contributed by atoms with Gasteiger partial charge in [-0.05, 0) is 29.3 Å². The minimum atomic E-state index is -0.480. The van der Waals surface area contributed by atoms with Gasteiger partial charge in [0.25, 0.3) is 5.91 Å². The summed E-state index contributed by atoms with van der Waals surface area (Å²) in [5.41, 5.74) is 3.80. The summed E-state index contributed by atoms with van der Waals surface area (Å²) >= 11 is 7.37. The number of aromatic nitrogens is 2. The average Bonchev–Trinajstić information content (AvgIpc) is 3.19. The standard InChI is InChI=1S/C25H22ClN3O3S/c26-20-11-5-4-10-19(20)14-27-23(30)16-32-24(31)17-33-25-28-21-12-6-7-13-22(21)29(25)15-18-8-2-1-3-9-18/h1-13H,14-17H2,(H,27,30). The summed E-state index contributed by atoms with van der Waals surface area (Å²) in [5.74, 6) is -0.814. The van der Waals surface area contributed by atoms with E-state index < -0.39 is 5.97 Å². The van der Waals surface area contributed by atoms with Crippen LogP contribution in [0.3, 0.4) is 0 Å². The smallest absolute Gasteiger partial charge is 0.316 e. The number of nitrogens with one attached hydrogen (secondary N) is 1. The lowest BCUT2D eigenvalue weighted by atomic mass is 10.2. The largest absolute Gasteiger partial charge is 0.455 e. The summed E-state index contributed by atoms with van der Waals surface area (Å²) in [6.45, 7) is 0.571. The lowest BCUT2D eigenvalue weighted by Crippen LogP contribution is -2.28. The maximum absolute atomic E-state index is 12.3. The van der Waals surface area contributed by atoms with Gasteiger partial charge in [0.05, 0.1) is 23.3 Å². The van der Waals surface area contributed by atoms with Gasteiger partial charge in [-0.2, -0.15) is 0 Å². The van der Waals surface area contributed by atoms with E-state index in [9.17, 15) is 9.59 Å². The molecule has 1 aromatic heterocycles. The molecule has 0 fully saturated rings. The summed E-state index contributed by atoms with van der Waals surface area (Å²) in [4.78, 5) is 29.0. The molecule has 0 spiro atoms. The van der Waals surface area contributed by atoms with Gasteiger partial charge in [0, 0.05) is 11.6 Å². The lowest BCUT2D eigenvalue weighted by Gasteiger charge is -2.10. The molecule has 0 aliphatic carbocycles. The fraction of sp³-hybridized carbons (Fsp3) is 0.160. The molecule has 0 aliphatic rings. The Labute approximate surface area is 200 Å². The molecule has 0 radical (unpaired) electrons. The maximum Gasteiger partial charge on any atom is 0.316 e. The molecule has 4 rings (SSSR count). The van der Waals surface area contributed by atoms with E-state index in [2.05, 4.69) is 27.0 Å². The normalized spacial score (nSPS) is 10.8. The van der Waals surface area contributed by atoms with Crippen molar-refractivity contribution >= 4 is 46.3 Å². The minimum Gasteiger partial charge on any atom is -0.455 e. The number of hydrogen-bond donors (Lipinski definition) is 1. The van der Waals surface area contributed by atoms with E-state index in [1.165, 1.54) is 11.8 Å². The lowest BCUT2D eigenvalue weighted by molar-refractivity contribution is -0.145. The van der Waals surface area contributed by atoms with Gasteiger partial charge in [0.1, 0.15) is 0 Å². The predicted octanol–water partition coefficient (Wildman–Crippen LogP) is 4.69. The highest BCUT2D eigenvalue weighted by molar-refractivity contribution is 7.99. The Balaban J connectivity index is 1.32. The van der Waals surface area contributed by atoms with Crippen LogP contribution < -0.4 is 5.32 Å². The van der Waals surface area contributed by atoms with Crippen molar-refractivity contribution < 1.29 is 14.3 Å². The molecule has 0 unspecified atom stereocenters. The molecule has 3 aromatic carbocycles. The van der Waals surface area contributed by atoms with Crippen LogP contribution in [-0.2, 0) is 27.4 Å². The fourth-order valence-electron chi connectivity index (χ4n) is 3.28. The zero-order chi connectivity index (χ0) is 23.0. The first kappa shape index (κ1) is 22.9. The maximum atomic E-state index is 12.3. The van der Waals surface area contributed by atoms with E-state index in [0.29, 0.717) is 11.6 Å². The average molecular weight is 480 g/mol. The number of rotatable bonds is 9. The topological polar surface area (TPSA) is 73.2 Å². The summed E-state index contributed by atoms with van der Waals surface area (Å²) in [6, 6.07) is 25.2. The molecule has 168 valence electrons. The van der Waals surface area contributed by atoms with Crippen molar-refractivity contribution in [2.24, 2.45) is 0 Å². The van der Waals surface area contributed by atoms with Crippen LogP contribution >= 0.6 is 23.4 Å². The zero-order valence-corrected chi connectivity index (χ0v) is 19.3. The molecule has 0 atom stereocenters. The number of carbonyl (C=O) groups excluding carboxylic acids is 2. The molecular formula is C25H22ClN3O3S. The number of thioether (sulfide) groups is 1. The third kappa shape index (κ3) is 6.15. The number of para-hydroxylation sites is 2. The highest BCUT2D eigenvalue weighted by Gasteiger charge is 2.15. The molecule has 0 saturated carbocycles. The molecule has 1 amide bonds. The van der Waals surface area contributed by atoms with Gasteiger partial charge in [-0.15, -0.1) is 0 Å². The number of imidazole rings is 1. The number of halogens is 1. The number of esters is 1. The molecule has 0 bridgehead atoms. The van der Waals surface area contributed by atoms with Gasteiger partial charge in [-0.3, -0.25) is 9.59 Å². The van der Waals surface area contributed by atoms with Gasteiger partial charge >= 0.3 is 5.97 Å². The van der Waals surface area contributed by atoms with Crippen LogP contribution in [0.1, 0.15) is 11.1 Å². The summed E-state index contributed by atoms with van der Waals surface area (Å²) < 4.78 is 7.22. The summed E-state index contributed by atoms with van der Waals surface area (Å²) in [5, 5.41) is 4.00. The van der Waals surface area contributed by atoms with Gasteiger partial charge in [-0.25, -0.2) is 4.98 Å². The van der Waals surface area contributed by atoms with Crippen molar-refractivity contribution in [2.75, 3.05) is 12.4 Å². The Hall–Kier alpha value is -3.29. The molecule has 1 heterocycles. The Kier molecular flexibility index (Phi) is 7.65. The molecule has 6 nitrogen and oxygen atoms in total. The highest BCUT2D eigenvalue weighted by Crippen LogP contribution is 2.25. The summed E-state index contributed by atoms with van der Waals surface area (Å²) in [6.07, 6.45) is 0. The van der Waals surface area contributed by atoms with Gasteiger partial charge in [0.15, 0.2) is 11.8 Å². The predicted molar refractivity (Wildman–Crippen MR) is 130 cm³/mol. The van der Waals surface area contributed by atoms with Crippen molar-refractivity contribution in [3.63, 3.8) is 0 Å². The van der Waals surface area contributed by atoms with Crippen LogP contribution in [0.5, 0.6) is 0 Å².